The molecular weight excluding hydrogens is 298 g/mol. The summed E-state index contributed by atoms with van der Waals surface area (Å²) in [5.74, 6) is -0.0524. The minimum absolute atomic E-state index is 0.0524. The van der Waals surface area contributed by atoms with Crippen molar-refractivity contribution in [2.45, 2.75) is 18.2 Å². The number of ether oxygens (including phenoxy) is 1. The van der Waals surface area contributed by atoms with Gasteiger partial charge >= 0.3 is 0 Å². The van der Waals surface area contributed by atoms with Crippen LogP contribution in [0.1, 0.15) is 13.3 Å². The van der Waals surface area contributed by atoms with Gasteiger partial charge in [0.15, 0.2) is 0 Å². The highest BCUT2D eigenvalue weighted by Crippen LogP contribution is 2.28. The van der Waals surface area contributed by atoms with Crippen LogP contribution in [0, 0.1) is 10.1 Å². The predicted molar refractivity (Wildman–Crippen MR) is 78.0 cm³/mol. The number of hydrogen-bond donors (Lipinski definition) is 2. The van der Waals surface area contributed by atoms with Gasteiger partial charge in [-0.15, -0.1) is 0 Å². The molecule has 0 heterocycles. The highest BCUT2D eigenvalue weighted by Gasteiger charge is 2.21. The fourth-order valence-corrected chi connectivity index (χ4v) is 2.89. The molecule has 8 nitrogen and oxygen atoms in total. The Morgan fingerprint density at radius 1 is 1.33 bits per heavy atom. The lowest BCUT2D eigenvalue weighted by molar-refractivity contribution is -0.385. The first-order chi connectivity index (χ1) is 9.92. The van der Waals surface area contributed by atoms with E-state index in [0.29, 0.717) is 13.0 Å². The summed E-state index contributed by atoms with van der Waals surface area (Å²) in [5.41, 5.74) is -0.224. The van der Waals surface area contributed by atoms with E-state index in [4.69, 9.17) is 4.74 Å². The molecule has 2 N–H and O–H groups in total. The van der Waals surface area contributed by atoms with Crippen LogP contribution in [-0.2, 0) is 10.0 Å². The van der Waals surface area contributed by atoms with Gasteiger partial charge in [0, 0.05) is 12.6 Å². The standard InChI is InChI=1S/C12H19N3O5S/c1-3-13-7-4-8-14-21(18,19)12-6-5-10(15(16)17)9-11(12)20-2/h5-6,9,13-14H,3-4,7-8H2,1-2H3. The molecule has 0 aliphatic rings. The Kier molecular flexibility index (Phi) is 6.53. The quantitative estimate of drug-likeness (QED) is 0.397. The van der Waals surface area contributed by atoms with E-state index in [9.17, 15) is 18.5 Å². The predicted octanol–water partition coefficient (Wildman–Crippen LogP) is 0.881. The SMILES string of the molecule is CCNCCCNS(=O)(=O)c1ccc([N+](=O)[O-])cc1OC. The van der Waals surface area contributed by atoms with Gasteiger partial charge in [-0.2, -0.15) is 0 Å². The highest BCUT2D eigenvalue weighted by atomic mass is 32.2. The van der Waals surface area contributed by atoms with Crippen LogP contribution in [-0.4, -0.2) is 40.1 Å². The Hall–Kier alpha value is -1.71. The lowest BCUT2D eigenvalue weighted by Gasteiger charge is -2.10. The molecule has 0 aliphatic heterocycles. The molecule has 0 unspecified atom stereocenters. The second-order valence-electron chi connectivity index (χ2n) is 4.20. The fourth-order valence-electron chi connectivity index (χ4n) is 1.67. The van der Waals surface area contributed by atoms with Gasteiger partial charge in [-0.1, -0.05) is 6.92 Å². The first-order valence-corrected chi connectivity index (χ1v) is 7.93. The zero-order chi connectivity index (χ0) is 15.9. The normalized spacial score (nSPS) is 11.3. The molecule has 0 aromatic heterocycles. The van der Waals surface area contributed by atoms with E-state index >= 15 is 0 Å². The number of nitrogens with zero attached hydrogens (tertiary/aromatic N) is 1. The lowest BCUT2D eigenvalue weighted by atomic mass is 10.3. The van der Waals surface area contributed by atoms with E-state index in [1.807, 2.05) is 6.92 Å². The Bertz CT molecular complexity index is 589. The van der Waals surface area contributed by atoms with Crippen molar-refractivity contribution in [1.82, 2.24) is 10.0 Å². The minimum Gasteiger partial charge on any atom is -0.495 e. The number of non-ortho nitro benzene ring substituents is 1. The third-order valence-corrected chi connectivity index (χ3v) is 4.22. The summed E-state index contributed by atoms with van der Waals surface area (Å²) in [6.45, 7) is 3.76. The molecule has 0 bridgehead atoms. The molecule has 9 heteroatoms. The van der Waals surface area contributed by atoms with Gasteiger partial charge in [0.2, 0.25) is 10.0 Å². The number of nitro benzene ring substituents is 1. The highest BCUT2D eigenvalue weighted by molar-refractivity contribution is 7.89. The third-order valence-electron chi connectivity index (χ3n) is 2.72. The molecule has 0 aliphatic carbocycles. The number of benzene rings is 1. The molecule has 0 radical (unpaired) electrons. The molecule has 0 fully saturated rings. The zero-order valence-electron chi connectivity index (χ0n) is 12.0. The average molecular weight is 317 g/mol. The summed E-state index contributed by atoms with van der Waals surface area (Å²) in [7, 11) is -2.49. The zero-order valence-corrected chi connectivity index (χ0v) is 12.8. The summed E-state index contributed by atoms with van der Waals surface area (Å²) >= 11 is 0. The largest absolute Gasteiger partial charge is 0.495 e. The molecule has 0 atom stereocenters. The molecular formula is C12H19N3O5S. The van der Waals surface area contributed by atoms with Crippen molar-refractivity contribution in [3.63, 3.8) is 0 Å². The van der Waals surface area contributed by atoms with Gasteiger partial charge in [0.05, 0.1) is 18.1 Å². The molecule has 0 amide bonds. The maximum absolute atomic E-state index is 12.1. The minimum atomic E-state index is -3.76. The summed E-state index contributed by atoms with van der Waals surface area (Å²) in [6.07, 6.45) is 0.641. The molecule has 0 saturated heterocycles. The molecule has 1 rings (SSSR count). The Morgan fingerprint density at radius 3 is 2.62 bits per heavy atom. The second kappa shape index (κ2) is 7.91. The smallest absolute Gasteiger partial charge is 0.273 e. The summed E-state index contributed by atoms with van der Waals surface area (Å²) in [4.78, 5) is 9.96. The van der Waals surface area contributed by atoms with E-state index in [0.717, 1.165) is 18.7 Å². The van der Waals surface area contributed by atoms with Crippen molar-refractivity contribution in [2.75, 3.05) is 26.7 Å². The second-order valence-corrected chi connectivity index (χ2v) is 5.93. The Labute approximate surface area is 123 Å². The number of methoxy groups -OCH3 is 1. The molecule has 0 spiro atoms. The first kappa shape index (κ1) is 17.3. The van der Waals surface area contributed by atoms with Crippen LogP contribution in [0.3, 0.4) is 0 Å². The van der Waals surface area contributed by atoms with Gasteiger partial charge in [0.25, 0.3) is 5.69 Å². The fraction of sp³-hybridized carbons (Fsp3) is 0.500. The van der Waals surface area contributed by atoms with Gasteiger partial charge in [-0.3, -0.25) is 10.1 Å². The van der Waals surface area contributed by atoms with Crippen LogP contribution < -0.4 is 14.8 Å². The van der Waals surface area contributed by atoms with E-state index in [2.05, 4.69) is 10.0 Å². The van der Waals surface area contributed by atoms with Crippen LogP contribution in [0.4, 0.5) is 5.69 Å². The van der Waals surface area contributed by atoms with Crippen LogP contribution in [0.2, 0.25) is 0 Å². The van der Waals surface area contributed by atoms with E-state index in [-0.39, 0.29) is 22.9 Å². The summed E-state index contributed by atoms with van der Waals surface area (Å²) in [5, 5.41) is 13.8. The van der Waals surface area contributed by atoms with E-state index < -0.39 is 14.9 Å². The molecule has 1 aromatic carbocycles. The lowest BCUT2D eigenvalue weighted by Crippen LogP contribution is -2.27. The van der Waals surface area contributed by atoms with Crippen molar-refractivity contribution in [1.29, 1.82) is 0 Å². The molecule has 1 aromatic rings. The van der Waals surface area contributed by atoms with Crippen molar-refractivity contribution in [3.8, 4) is 5.75 Å². The van der Waals surface area contributed by atoms with Gasteiger partial charge in [-0.25, -0.2) is 13.1 Å². The molecule has 118 valence electrons. The van der Waals surface area contributed by atoms with E-state index in [1.54, 1.807) is 0 Å². The monoisotopic (exact) mass is 317 g/mol. The van der Waals surface area contributed by atoms with E-state index in [1.165, 1.54) is 13.2 Å². The summed E-state index contributed by atoms with van der Waals surface area (Å²) < 4.78 is 31.7. The van der Waals surface area contributed by atoms with Gasteiger partial charge in [-0.05, 0) is 25.6 Å². The Morgan fingerprint density at radius 2 is 2.05 bits per heavy atom. The third kappa shape index (κ3) is 4.96. The van der Waals surface area contributed by atoms with Crippen molar-refractivity contribution in [2.24, 2.45) is 0 Å². The van der Waals surface area contributed by atoms with Crippen LogP contribution in [0.15, 0.2) is 23.1 Å². The van der Waals surface area contributed by atoms with Crippen LogP contribution in [0.5, 0.6) is 5.75 Å². The van der Waals surface area contributed by atoms with Gasteiger partial charge in [0.1, 0.15) is 10.6 Å². The van der Waals surface area contributed by atoms with Crippen molar-refractivity contribution >= 4 is 15.7 Å². The maximum atomic E-state index is 12.1. The van der Waals surface area contributed by atoms with Crippen molar-refractivity contribution in [3.05, 3.63) is 28.3 Å². The molecule has 21 heavy (non-hydrogen) atoms. The number of sulfonamides is 1. The number of rotatable bonds is 9. The average Bonchev–Trinajstić information content (AvgIpc) is 2.46. The summed E-state index contributed by atoms with van der Waals surface area (Å²) in [6, 6.07) is 3.40. The Balaban J connectivity index is 2.85. The van der Waals surface area contributed by atoms with Crippen LogP contribution in [0.25, 0.3) is 0 Å². The van der Waals surface area contributed by atoms with Crippen LogP contribution >= 0.6 is 0 Å². The number of hydrogen-bond acceptors (Lipinski definition) is 6. The van der Waals surface area contributed by atoms with Crippen molar-refractivity contribution < 1.29 is 18.1 Å². The number of nitro groups is 1. The topological polar surface area (TPSA) is 111 Å². The molecule has 0 saturated carbocycles. The maximum Gasteiger partial charge on any atom is 0.273 e. The number of nitrogens with one attached hydrogen (secondary N) is 2. The van der Waals surface area contributed by atoms with Gasteiger partial charge < -0.3 is 10.1 Å². The first-order valence-electron chi connectivity index (χ1n) is 6.45.